The van der Waals surface area contributed by atoms with E-state index in [1.165, 1.54) is 6.42 Å². The van der Waals surface area contributed by atoms with Crippen LogP contribution in [0, 0.1) is 0 Å². The Kier molecular flexibility index (Phi) is 5.60. The summed E-state index contributed by atoms with van der Waals surface area (Å²) in [5, 5.41) is 14.5. The maximum Gasteiger partial charge on any atom is 0.315 e. The molecule has 1 aliphatic heterocycles. The van der Waals surface area contributed by atoms with E-state index in [0.29, 0.717) is 18.0 Å². The standard InChI is InChI=1S/C13H24N4O2/c1-3-7-14-10(2)12-16-17-13(19-12)15-8-6-11-5-4-9-18-11/h10-11,14H,3-9H2,1-2H3,(H,15,17). The Balaban J connectivity index is 1.70. The maximum absolute atomic E-state index is 5.57. The molecule has 2 atom stereocenters. The van der Waals surface area contributed by atoms with Crippen molar-refractivity contribution >= 4 is 6.01 Å². The SMILES string of the molecule is CCCNC(C)c1nnc(NCCC2CCCO2)o1. The lowest BCUT2D eigenvalue weighted by Crippen LogP contribution is -2.19. The summed E-state index contributed by atoms with van der Waals surface area (Å²) in [6.07, 6.45) is 4.80. The first-order valence-electron chi connectivity index (χ1n) is 7.22. The van der Waals surface area contributed by atoms with E-state index in [1.54, 1.807) is 0 Å². The van der Waals surface area contributed by atoms with Crippen LogP contribution in [0.4, 0.5) is 6.01 Å². The fourth-order valence-corrected chi connectivity index (χ4v) is 2.14. The highest BCUT2D eigenvalue weighted by Crippen LogP contribution is 2.16. The number of aromatic nitrogens is 2. The third-order valence-electron chi connectivity index (χ3n) is 3.28. The second kappa shape index (κ2) is 7.45. The monoisotopic (exact) mass is 268 g/mol. The predicted octanol–water partition coefficient (Wildman–Crippen LogP) is 2.11. The largest absolute Gasteiger partial charge is 0.406 e. The Bertz CT molecular complexity index is 363. The lowest BCUT2D eigenvalue weighted by atomic mass is 10.2. The number of anilines is 1. The van der Waals surface area contributed by atoms with E-state index in [1.807, 2.05) is 6.92 Å². The van der Waals surface area contributed by atoms with Crippen LogP contribution >= 0.6 is 0 Å². The van der Waals surface area contributed by atoms with Gasteiger partial charge in [0, 0.05) is 13.2 Å². The Hall–Kier alpha value is -1.14. The summed E-state index contributed by atoms with van der Waals surface area (Å²) in [6, 6.07) is 0.597. The maximum atomic E-state index is 5.57. The van der Waals surface area contributed by atoms with Gasteiger partial charge in [0.05, 0.1) is 12.1 Å². The fraction of sp³-hybridized carbons (Fsp3) is 0.846. The highest BCUT2D eigenvalue weighted by molar-refractivity contribution is 5.17. The van der Waals surface area contributed by atoms with Crippen molar-refractivity contribution < 1.29 is 9.15 Å². The van der Waals surface area contributed by atoms with Gasteiger partial charge in [0.2, 0.25) is 5.89 Å². The first kappa shape index (κ1) is 14.3. The number of nitrogens with zero attached hydrogens (tertiary/aromatic N) is 2. The topological polar surface area (TPSA) is 72.2 Å². The van der Waals surface area contributed by atoms with Crippen LogP contribution in [0.5, 0.6) is 0 Å². The van der Waals surface area contributed by atoms with Gasteiger partial charge in [-0.25, -0.2) is 0 Å². The van der Waals surface area contributed by atoms with Gasteiger partial charge in [-0.1, -0.05) is 12.0 Å². The third kappa shape index (κ3) is 4.47. The van der Waals surface area contributed by atoms with Crippen LogP contribution in [0.1, 0.15) is 51.5 Å². The first-order chi connectivity index (χ1) is 9.29. The van der Waals surface area contributed by atoms with Gasteiger partial charge in [0.25, 0.3) is 0 Å². The minimum absolute atomic E-state index is 0.0983. The highest BCUT2D eigenvalue weighted by atomic mass is 16.5. The van der Waals surface area contributed by atoms with Gasteiger partial charge in [-0.15, -0.1) is 5.10 Å². The van der Waals surface area contributed by atoms with E-state index in [9.17, 15) is 0 Å². The molecule has 1 aliphatic rings. The van der Waals surface area contributed by atoms with Crippen LogP contribution in [0.2, 0.25) is 0 Å². The average Bonchev–Trinajstić information content (AvgIpc) is 3.07. The van der Waals surface area contributed by atoms with Crippen LogP contribution in [-0.4, -0.2) is 36.0 Å². The number of rotatable bonds is 8. The molecule has 19 heavy (non-hydrogen) atoms. The molecule has 0 bridgehead atoms. The van der Waals surface area contributed by atoms with Crippen molar-refractivity contribution in [2.75, 3.05) is 25.0 Å². The minimum Gasteiger partial charge on any atom is -0.406 e. The fourth-order valence-electron chi connectivity index (χ4n) is 2.14. The van der Waals surface area contributed by atoms with E-state index in [0.717, 1.165) is 39.0 Å². The van der Waals surface area contributed by atoms with Crippen LogP contribution in [0.3, 0.4) is 0 Å². The normalized spacial score (nSPS) is 20.6. The average molecular weight is 268 g/mol. The van der Waals surface area contributed by atoms with E-state index < -0.39 is 0 Å². The lowest BCUT2D eigenvalue weighted by Gasteiger charge is -2.09. The summed E-state index contributed by atoms with van der Waals surface area (Å²) in [6.45, 7) is 6.81. The second-order valence-electron chi connectivity index (χ2n) is 4.97. The molecule has 2 unspecified atom stereocenters. The van der Waals surface area contributed by atoms with Crippen molar-refractivity contribution in [3.05, 3.63) is 5.89 Å². The van der Waals surface area contributed by atoms with Crippen LogP contribution in [0.15, 0.2) is 4.42 Å². The highest BCUT2D eigenvalue weighted by Gasteiger charge is 2.16. The molecular weight excluding hydrogens is 244 g/mol. The molecule has 0 spiro atoms. The van der Waals surface area contributed by atoms with Crippen molar-refractivity contribution in [3.63, 3.8) is 0 Å². The number of hydrogen-bond donors (Lipinski definition) is 2. The summed E-state index contributed by atoms with van der Waals surface area (Å²) < 4.78 is 11.1. The smallest absolute Gasteiger partial charge is 0.315 e. The van der Waals surface area contributed by atoms with Gasteiger partial charge in [-0.05, 0) is 39.2 Å². The van der Waals surface area contributed by atoms with Crippen molar-refractivity contribution in [2.45, 2.75) is 51.7 Å². The second-order valence-corrected chi connectivity index (χ2v) is 4.97. The molecule has 6 heteroatoms. The molecule has 2 heterocycles. The quantitative estimate of drug-likeness (QED) is 0.752. The molecule has 1 aromatic rings. The third-order valence-corrected chi connectivity index (χ3v) is 3.28. The predicted molar refractivity (Wildman–Crippen MR) is 73.1 cm³/mol. The first-order valence-corrected chi connectivity index (χ1v) is 7.22. The summed E-state index contributed by atoms with van der Waals surface area (Å²) in [7, 11) is 0. The Labute approximate surface area is 114 Å². The minimum atomic E-state index is 0.0983. The molecule has 0 aromatic carbocycles. The van der Waals surface area contributed by atoms with Crippen molar-refractivity contribution in [1.29, 1.82) is 0 Å². The zero-order valence-electron chi connectivity index (χ0n) is 11.8. The van der Waals surface area contributed by atoms with Gasteiger partial charge < -0.3 is 19.8 Å². The number of nitrogens with one attached hydrogen (secondary N) is 2. The molecule has 108 valence electrons. The summed E-state index contributed by atoms with van der Waals surface area (Å²) in [4.78, 5) is 0. The summed E-state index contributed by atoms with van der Waals surface area (Å²) >= 11 is 0. The molecule has 6 nitrogen and oxygen atoms in total. The molecule has 2 rings (SSSR count). The summed E-state index contributed by atoms with van der Waals surface area (Å²) in [5.41, 5.74) is 0. The molecule has 0 amide bonds. The van der Waals surface area contributed by atoms with E-state index in [2.05, 4.69) is 27.8 Å². The molecule has 1 aromatic heterocycles. The lowest BCUT2D eigenvalue weighted by molar-refractivity contribution is 0.107. The molecule has 0 radical (unpaired) electrons. The van der Waals surface area contributed by atoms with E-state index in [4.69, 9.17) is 9.15 Å². The molecular formula is C13H24N4O2. The van der Waals surface area contributed by atoms with Crippen LogP contribution < -0.4 is 10.6 Å². The van der Waals surface area contributed by atoms with Crippen molar-refractivity contribution in [1.82, 2.24) is 15.5 Å². The number of hydrogen-bond acceptors (Lipinski definition) is 6. The Morgan fingerprint density at radius 2 is 2.26 bits per heavy atom. The van der Waals surface area contributed by atoms with E-state index >= 15 is 0 Å². The van der Waals surface area contributed by atoms with E-state index in [-0.39, 0.29) is 6.04 Å². The van der Waals surface area contributed by atoms with Gasteiger partial charge in [-0.2, -0.15) is 0 Å². The zero-order valence-corrected chi connectivity index (χ0v) is 11.8. The van der Waals surface area contributed by atoms with Gasteiger partial charge >= 0.3 is 6.01 Å². The van der Waals surface area contributed by atoms with Gasteiger partial charge in [-0.3, -0.25) is 0 Å². The van der Waals surface area contributed by atoms with Gasteiger partial charge in [0.15, 0.2) is 0 Å². The van der Waals surface area contributed by atoms with Crippen LogP contribution in [-0.2, 0) is 4.74 Å². The molecule has 1 saturated heterocycles. The molecule has 1 fully saturated rings. The Morgan fingerprint density at radius 3 is 3.00 bits per heavy atom. The zero-order chi connectivity index (χ0) is 13.5. The van der Waals surface area contributed by atoms with Crippen molar-refractivity contribution in [2.24, 2.45) is 0 Å². The van der Waals surface area contributed by atoms with Crippen molar-refractivity contribution in [3.8, 4) is 0 Å². The summed E-state index contributed by atoms with van der Waals surface area (Å²) in [5.74, 6) is 0.632. The van der Waals surface area contributed by atoms with Crippen LogP contribution in [0.25, 0.3) is 0 Å². The number of ether oxygens (including phenoxy) is 1. The van der Waals surface area contributed by atoms with Gasteiger partial charge in [0.1, 0.15) is 0 Å². The Morgan fingerprint density at radius 1 is 1.37 bits per heavy atom. The molecule has 2 N–H and O–H groups in total. The molecule has 0 aliphatic carbocycles. The molecule has 0 saturated carbocycles.